The second kappa shape index (κ2) is 12.1. The fourth-order valence-electron chi connectivity index (χ4n) is 4.46. The smallest absolute Gasteiger partial charge is 0.411 e. The molecule has 2 aromatic carbocycles. The summed E-state index contributed by atoms with van der Waals surface area (Å²) in [5.41, 5.74) is 5.79. The number of nitrogens with one attached hydrogen (secondary N) is 2. The summed E-state index contributed by atoms with van der Waals surface area (Å²) in [6, 6.07) is 16.2. The van der Waals surface area contributed by atoms with Crippen LogP contribution in [0.5, 0.6) is 0 Å². The molecule has 1 aliphatic heterocycles. The largest absolute Gasteiger partial charge is 0.450 e. The average Bonchev–Trinajstić information content (AvgIpc) is 2.87. The number of halogens is 1. The Labute approximate surface area is 224 Å². The molecule has 36 heavy (non-hydrogen) atoms. The van der Waals surface area contributed by atoms with E-state index < -0.39 is 12.2 Å². The van der Waals surface area contributed by atoms with Gasteiger partial charge in [-0.05, 0) is 61.3 Å². The minimum atomic E-state index is -0.472. The van der Waals surface area contributed by atoms with E-state index in [1.54, 1.807) is 13.8 Å². The van der Waals surface area contributed by atoms with Gasteiger partial charge in [-0.3, -0.25) is 10.6 Å². The minimum absolute atomic E-state index is 0.308. The average molecular weight is 599 g/mol. The lowest BCUT2D eigenvalue weighted by molar-refractivity contribution is 0.155. The summed E-state index contributed by atoms with van der Waals surface area (Å²) in [7, 11) is 0. The van der Waals surface area contributed by atoms with Gasteiger partial charge in [0.1, 0.15) is 0 Å². The number of carbonyl (C=O) groups excluding carboxylic acids is 2. The molecular weight excluding hydrogens is 569 g/mol. The van der Waals surface area contributed by atoms with Crippen molar-refractivity contribution in [3.8, 4) is 0 Å². The number of amides is 2. The molecule has 0 bridgehead atoms. The number of ether oxygens (including phenoxy) is 2. The summed E-state index contributed by atoms with van der Waals surface area (Å²) in [4.78, 5) is 26.6. The zero-order valence-electron chi connectivity index (χ0n) is 20.5. The van der Waals surface area contributed by atoms with Crippen molar-refractivity contribution in [1.29, 1.82) is 0 Å². The Morgan fingerprint density at radius 2 is 1.69 bits per heavy atom. The highest BCUT2D eigenvalue weighted by Gasteiger charge is 2.27. The molecule has 0 saturated carbocycles. The fourth-order valence-corrected chi connectivity index (χ4v) is 4.80. The van der Waals surface area contributed by atoms with Crippen LogP contribution in [0.4, 0.5) is 15.3 Å². The predicted octanol–water partition coefficient (Wildman–Crippen LogP) is 4.62. The van der Waals surface area contributed by atoms with E-state index in [2.05, 4.69) is 56.3 Å². The van der Waals surface area contributed by atoms with Crippen LogP contribution >= 0.6 is 22.6 Å². The van der Waals surface area contributed by atoms with Crippen LogP contribution in [0.25, 0.3) is 11.3 Å². The first-order valence-corrected chi connectivity index (χ1v) is 13.6. The topological polar surface area (TPSA) is 79.9 Å². The number of allylic oxidation sites excluding steroid dienone is 3. The van der Waals surface area contributed by atoms with E-state index in [1.165, 1.54) is 5.57 Å². The van der Waals surface area contributed by atoms with Gasteiger partial charge in [0.05, 0.1) is 18.9 Å². The van der Waals surface area contributed by atoms with Gasteiger partial charge >= 0.3 is 12.2 Å². The first kappa shape index (κ1) is 25.8. The maximum Gasteiger partial charge on any atom is 0.411 e. The Morgan fingerprint density at radius 1 is 0.972 bits per heavy atom. The van der Waals surface area contributed by atoms with E-state index in [0.29, 0.717) is 25.3 Å². The lowest BCUT2D eigenvalue weighted by Crippen LogP contribution is -2.43. The van der Waals surface area contributed by atoms with E-state index in [1.807, 2.05) is 42.5 Å². The van der Waals surface area contributed by atoms with Crippen molar-refractivity contribution >= 4 is 51.7 Å². The highest BCUT2D eigenvalue weighted by Crippen LogP contribution is 2.33. The third-order valence-electron chi connectivity index (χ3n) is 5.89. The fraction of sp³-hybridized carbons (Fsp3) is 0.286. The van der Waals surface area contributed by atoms with Crippen LogP contribution in [0.2, 0.25) is 0 Å². The Balaban J connectivity index is 1.90. The van der Waals surface area contributed by atoms with Crippen molar-refractivity contribution in [3.63, 3.8) is 0 Å². The summed E-state index contributed by atoms with van der Waals surface area (Å²) in [6.45, 7) is 5.00. The molecule has 2 aliphatic rings. The first-order chi connectivity index (χ1) is 17.5. The van der Waals surface area contributed by atoms with Crippen LogP contribution < -0.4 is 21.1 Å². The van der Waals surface area contributed by atoms with Crippen LogP contribution in [0.15, 0.2) is 72.1 Å². The number of carbonyl (C=O) groups is 2. The second-order valence-electron chi connectivity index (χ2n) is 8.23. The SMILES string of the molecule is CCOC(=O)NC1=CCC2=c3ccc(NC(=O)OCC)cc3=C(c3ccccc3)N(CCCI)C2=C1. The van der Waals surface area contributed by atoms with Crippen molar-refractivity contribution in [3.05, 3.63) is 88.1 Å². The van der Waals surface area contributed by atoms with E-state index in [-0.39, 0.29) is 0 Å². The molecule has 0 fully saturated rings. The van der Waals surface area contributed by atoms with Crippen LogP contribution in [-0.4, -0.2) is 41.3 Å². The second-order valence-corrected chi connectivity index (χ2v) is 9.31. The molecule has 0 radical (unpaired) electrons. The van der Waals surface area contributed by atoms with Gasteiger partial charge < -0.3 is 14.4 Å². The number of alkyl halides is 1. The minimum Gasteiger partial charge on any atom is -0.450 e. The Bertz CT molecular complexity index is 1320. The number of rotatable bonds is 8. The number of fused-ring (bicyclic) bond motifs is 2. The number of hydrogen-bond acceptors (Lipinski definition) is 5. The Hall–Kier alpha value is -3.27. The van der Waals surface area contributed by atoms with E-state index in [4.69, 9.17) is 9.47 Å². The first-order valence-electron chi connectivity index (χ1n) is 12.1. The molecule has 2 aromatic rings. The molecule has 0 spiro atoms. The van der Waals surface area contributed by atoms with Gasteiger partial charge in [0.15, 0.2) is 0 Å². The van der Waals surface area contributed by atoms with E-state index in [9.17, 15) is 9.59 Å². The zero-order valence-corrected chi connectivity index (χ0v) is 22.6. The van der Waals surface area contributed by atoms with Gasteiger partial charge in [-0.15, -0.1) is 0 Å². The normalized spacial score (nSPS) is 14.2. The monoisotopic (exact) mass is 599 g/mol. The third-order valence-corrected chi connectivity index (χ3v) is 6.66. The molecule has 2 N–H and O–H groups in total. The summed E-state index contributed by atoms with van der Waals surface area (Å²) in [5, 5.41) is 7.86. The van der Waals surface area contributed by atoms with Crippen LogP contribution in [0.1, 0.15) is 32.3 Å². The third kappa shape index (κ3) is 5.75. The molecule has 0 atom stereocenters. The highest BCUT2D eigenvalue weighted by atomic mass is 127. The summed E-state index contributed by atoms with van der Waals surface area (Å²) < 4.78 is 11.2. The molecule has 7 nitrogen and oxygen atoms in total. The molecule has 0 saturated heterocycles. The van der Waals surface area contributed by atoms with E-state index in [0.717, 1.165) is 50.5 Å². The molecule has 4 rings (SSSR count). The highest BCUT2D eigenvalue weighted by molar-refractivity contribution is 14.1. The molecule has 1 aliphatic carbocycles. The Kier molecular flexibility index (Phi) is 8.69. The number of anilines is 1. The summed E-state index contributed by atoms with van der Waals surface area (Å²) in [6.07, 6.45) is 4.75. The van der Waals surface area contributed by atoms with Crippen LogP contribution in [-0.2, 0) is 9.47 Å². The molecular formula is C28H30IN3O4. The lowest BCUT2D eigenvalue weighted by atomic mass is 9.91. The Morgan fingerprint density at radius 3 is 2.39 bits per heavy atom. The van der Waals surface area contributed by atoms with Crippen LogP contribution in [0, 0.1) is 0 Å². The molecule has 188 valence electrons. The van der Waals surface area contributed by atoms with Crippen molar-refractivity contribution in [2.45, 2.75) is 26.7 Å². The van der Waals surface area contributed by atoms with Crippen LogP contribution in [0.3, 0.4) is 0 Å². The zero-order chi connectivity index (χ0) is 25.5. The maximum atomic E-state index is 12.1. The van der Waals surface area contributed by atoms with Crippen molar-refractivity contribution < 1.29 is 19.1 Å². The molecule has 2 amide bonds. The van der Waals surface area contributed by atoms with Gasteiger partial charge in [-0.25, -0.2) is 9.59 Å². The lowest BCUT2D eigenvalue weighted by Gasteiger charge is -2.36. The number of alkyl carbamates (subject to hydrolysis) is 1. The van der Waals surface area contributed by atoms with Gasteiger partial charge in [0.25, 0.3) is 0 Å². The van der Waals surface area contributed by atoms with E-state index >= 15 is 0 Å². The number of benzene rings is 2. The maximum absolute atomic E-state index is 12.1. The van der Waals surface area contributed by atoms with Gasteiger partial charge in [-0.1, -0.05) is 65.1 Å². The molecule has 8 heteroatoms. The number of nitrogens with zero attached hydrogens (tertiary/aromatic N) is 1. The van der Waals surface area contributed by atoms with Gasteiger partial charge in [-0.2, -0.15) is 0 Å². The quantitative estimate of drug-likeness (QED) is 0.342. The molecule has 0 aromatic heterocycles. The number of hydrogen-bond donors (Lipinski definition) is 2. The molecule has 1 heterocycles. The van der Waals surface area contributed by atoms with Gasteiger partial charge in [0, 0.05) is 33.3 Å². The standard InChI is InChI=1S/C28H30IN3O4/c1-3-35-27(33)30-20-11-13-22-23-14-12-21(31-28(34)36-4-2)18-25(23)32(16-8-15-29)26(24(22)17-20)19-9-6-5-7-10-19/h5-7,9-13,17-18H,3-4,8,14-16H2,1-2H3,(H,30,33)(H,31,34). The van der Waals surface area contributed by atoms with Crippen molar-refractivity contribution in [2.24, 2.45) is 0 Å². The predicted molar refractivity (Wildman–Crippen MR) is 150 cm³/mol. The van der Waals surface area contributed by atoms with Crippen molar-refractivity contribution in [2.75, 3.05) is 29.5 Å². The summed E-state index contributed by atoms with van der Waals surface area (Å²) in [5.74, 6) is 0. The van der Waals surface area contributed by atoms with Gasteiger partial charge in [0.2, 0.25) is 0 Å². The summed E-state index contributed by atoms with van der Waals surface area (Å²) >= 11 is 2.40. The van der Waals surface area contributed by atoms with Crippen molar-refractivity contribution in [1.82, 2.24) is 10.2 Å². The molecule has 0 unspecified atom stereocenters.